The van der Waals surface area contributed by atoms with E-state index in [2.05, 4.69) is 57.6 Å². The molecule has 1 aromatic heterocycles. The molecule has 0 radical (unpaired) electrons. The molecule has 1 aliphatic rings. The summed E-state index contributed by atoms with van der Waals surface area (Å²) in [5.74, 6) is 0.170. The number of nitrogens with one attached hydrogen (secondary N) is 4. The van der Waals surface area contributed by atoms with Gasteiger partial charge in [-0.3, -0.25) is 20.2 Å². The van der Waals surface area contributed by atoms with Crippen molar-refractivity contribution in [2.45, 2.75) is 66.3 Å². The van der Waals surface area contributed by atoms with Crippen LogP contribution in [0, 0.1) is 0 Å². The first-order chi connectivity index (χ1) is 21.6. The van der Waals surface area contributed by atoms with E-state index in [9.17, 15) is 18.0 Å². The lowest BCUT2D eigenvalue weighted by molar-refractivity contribution is -0.274. The fourth-order valence-electron chi connectivity index (χ4n) is 4.49. The third kappa shape index (κ3) is 10.4. The summed E-state index contributed by atoms with van der Waals surface area (Å²) < 4.78 is 43.9. The molecule has 2 aromatic carbocycles. The third-order valence-electron chi connectivity index (χ3n) is 6.86. The summed E-state index contributed by atoms with van der Waals surface area (Å²) in [5, 5.41) is 11.3. The number of hydrazone groups is 1. The van der Waals surface area contributed by atoms with E-state index in [1.54, 1.807) is 24.3 Å². The van der Waals surface area contributed by atoms with Gasteiger partial charge in [0.1, 0.15) is 5.75 Å². The minimum atomic E-state index is -4.77. The molecule has 1 aliphatic heterocycles. The molecule has 1 atom stereocenters. The van der Waals surface area contributed by atoms with Gasteiger partial charge in [0, 0.05) is 28.6 Å². The topological polar surface area (TPSA) is 105 Å². The zero-order valence-corrected chi connectivity index (χ0v) is 26.7. The van der Waals surface area contributed by atoms with Crippen LogP contribution in [0.25, 0.3) is 11.3 Å². The number of nitrogens with zero attached hydrogens (tertiary/aromatic N) is 3. The summed E-state index contributed by atoms with van der Waals surface area (Å²) in [5.41, 5.74) is 13.6. The van der Waals surface area contributed by atoms with Crippen molar-refractivity contribution < 1.29 is 22.7 Å². The van der Waals surface area contributed by atoms with Gasteiger partial charge in [-0.2, -0.15) is 5.10 Å². The molecule has 4 N–H and O–H groups in total. The molecule has 242 valence electrons. The van der Waals surface area contributed by atoms with E-state index in [1.165, 1.54) is 23.3 Å². The summed E-state index contributed by atoms with van der Waals surface area (Å²) in [4.78, 5) is 12.5. The van der Waals surface area contributed by atoms with Gasteiger partial charge in [-0.05, 0) is 67.8 Å². The number of hydrazine groups is 2. The van der Waals surface area contributed by atoms with Crippen LogP contribution in [0.3, 0.4) is 0 Å². The molecule has 0 spiro atoms. The molecule has 1 unspecified atom stereocenters. The molecule has 2 heterocycles. The lowest BCUT2D eigenvalue weighted by Gasteiger charge is -2.17. The molecule has 0 aliphatic carbocycles. The van der Waals surface area contributed by atoms with Crippen LogP contribution in [0.2, 0.25) is 0 Å². The van der Waals surface area contributed by atoms with Crippen LogP contribution < -0.4 is 26.5 Å². The van der Waals surface area contributed by atoms with Gasteiger partial charge in [0.2, 0.25) is 5.96 Å². The van der Waals surface area contributed by atoms with E-state index in [-0.39, 0.29) is 23.5 Å². The van der Waals surface area contributed by atoms with E-state index in [4.69, 9.17) is 16.7 Å². The Morgan fingerprint density at radius 3 is 2.38 bits per heavy atom. The van der Waals surface area contributed by atoms with E-state index in [1.807, 2.05) is 43.7 Å². The zero-order valence-electron chi connectivity index (χ0n) is 25.9. The van der Waals surface area contributed by atoms with Crippen molar-refractivity contribution >= 4 is 23.5 Å². The number of hydrogen-bond acceptors (Lipinski definition) is 7. The number of hydrogen-bond donors (Lipinski definition) is 4. The van der Waals surface area contributed by atoms with Crippen molar-refractivity contribution in [1.82, 2.24) is 31.6 Å². The second-order valence-electron chi connectivity index (χ2n) is 9.93. The van der Waals surface area contributed by atoms with Gasteiger partial charge < -0.3 is 4.74 Å². The van der Waals surface area contributed by atoms with Crippen molar-refractivity contribution in [1.29, 1.82) is 0 Å². The average molecular weight is 646 g/mol. The maximum Gasteiger partial charge on any atom is 0.573 e. The summed E-state index contributed by atoms with van der Waals surface area (Å²) in [6, 6.07) is 14.8. The molecule has 3 aromatic rings. The Bertz CT molecular complexity index is 1500. The van der Waals surface area contributed by atoms with Crippen LogP contribution in [0.15, 0.2) is 83.0 Å². The lowest BCUT2D eigenvalue weighted by atomic mass is 9.93. The van der Waals surface area contributed by atoms with E-state index in [0.29, 0.717) is 29.2 Å². The van der Waals surface area contributed by atoms with E-state index < -0.39 is 6.36 Å². The van der Waals surface area contributed by atoms with Crippen molar-refractivity contribution in [3.63, 3.8) is 0 Å². The Labute approximate surface area is 266 Å². The predicted molar refractivity (Wildman–Crippen MR) is 171 cm³/mol. The Hall–Kier alpha value is -4.29. The van der Waals surface area contributed by atoms with Crippen LogP contribution in [-0.4, -0.2) is 33.9 Å². The van der Waals surface area contributed by atoms with Crippen molar-refractivity contribution in [2.24, 2.45) is 5.10 Å². The highest BCUT2D eigenvalue weighted by Crippen LogP contribution is 2.32. The number of benzene rings is 2. The van der Waals surface area contributed by atoms with Crippen molar-refractivity contribution in [3.8, 4) is 17.0 Å². The van der Waals surface area contributed by atoms with Crippen molar-refractivity contribution in [2.75, 3.05) is 5.88 Å². The maximum atomic E-state index is 12.7. The van der Waals surface area contributed by atoms with Crippen LogP contribution in [0.4, 0.5) is 13.2 Å². The fraction of sp³-hybridized carbons (Fsp3) is 0.344. The summed E-state index contributed by atoms with van der Waals surface area (Å²) in [6.07, 6.45) is 1.05. The number of guanidine groups is 1. The highest BCUT2D eigenvalue weighted by molar-refractivity contribution is 6.18. The summed E-state index contributed by atoms with van der Waals surface area (Å²) in [6.45, 7) is 10.7. The van der Waals surface area contributed by atoms with Gasteiger partial charge in [0.25, 0.3) is 5.91 Å². The number of aromatic nitrogens is 2. The molecule has 0 saturated heterocycles. The zero-order chi connectivity index (χ0) is 33.0. The first-order valence-corrected chi connectivity index (χ1v) is 15.2. The first-order valence-electron chi connectivity index (χ1n) is 14.7. The standard InChI is InChI=1S/C30H33ClF3N7O2.C2H6/c1-4-22(8-5-19(2)15-16-31)20(3)27-17-26(23-11-13-25(14-12-23)43-30(32,33)34)38-41(27)18-21-6-9-24(10-7-21)28(42)35-29-36-39-40-37-29;1-2/h5-14,17,20,39-40H,4,15-16,18H2,1-3H3,(H2,35,36,37,42);1-2H3/b19-5+,22-8+;. The van der Waals surface area contributed by atoms with Gasteiger partial charge in [0.05, 0.1) is 12.2 Å². The molecule has 45 heavy (non-hydrogen) atoms. The SMILES string of the molecule is CC.CC/C(=C\C=C(/C)CCCl)C(C)c1cc(-c2ccc(OC(F)(F)F)cc2)nn1Cc1ccc(C(=O)NC2=NNNN2)cc1. The molecular weight excluding hydrogens is 607 g/mol. The van der Waals surface area contributed by atoms with Gasteiger partial charge in [0.15, 0.2) is 0 Å². The summed E-state index contributed by atoms with van der Waals surface area (Å²) in [7, 11) is 0. The first kappa shape index (κ1) is 35.2. The van der Waals surface area contributed by atoms with Gasteiger partial charge in [-0.15, -0.1) is 35.4 Å². The van der Waals surface area contributed by atoms with Crippen LogP contribution >= 0.6 is 11.6 Å². The largest absolute Gasteiger partial charge is 0.573 e. The fourth-order valence-corrected chi connectivity index (χ4v) is 4.79. The molecule has 4 rings (SSSR count). The lowest BCUT2D eigenvalue weighted by Crippen LogP contribution is -2.43. The molecule has 0 fully saturated rings. The second kappa shape index (κ2) is 16.7. The predicted octanol–water partition coefficient (Wildman–Crippen LogP) is 7.15. The molecule has 13 heteroatoms. The average Bonchev–Trinajstić information content (AvgIpc) is 3.69. The number of amides is 1. The molecule has 9 nitrogen and oxygen atoms in total. The Morgan fingerprint density at radius 1 is 1.11 bits per heavy atom. The summed E-state index contributed by atoms with van der Waals surface area (Å²) >= 11 is 5.90. The number of allylic oxidation sites excluding steroid dienone is 4. The molecule has 0 bridgehead atoms. The number of carbonyl (C=O) groups is 1. The Balaban J connectivity index is 0.00000271. The highest BCUT2D eigenvalue weighted by Gasteiger charge is 2.31. The monoisotopic (exact) mass is 645 g/mol. The van der Waals surface area contributed by atoms with E-state index >= 15 is 0 Å². The van der Waals surface area contributed by atoms with Gasteiger partial charge in [-0.25, -0.2) is 5.53 Å². The number of ether oxygens (including phenoxy) is 1. The molecule has 0 saturated carbocycles. The minimum Gasteiger partial charge on any atom is -0.406 e. The van der Waals surface area contributed by atoms with Crippen LogP contribution in [0.5, 0.6) is 5.75 Å². The van der Waals surface area contributed by atoms with Gasteiger partial charge >= 0.3 is 6.36 Å². The highest BCUT2D eigenvalue weighted by atomic mass is 35.5. The number of alkyl halides is 4. The number of carbonyl (C=O) groups excluding carboxylic acids is 1. The number of rotatable bonds is 11. The quantitative estimate of drug-likeness (QED) is 0.130. The Morgan fingerprint density at radius 2 is 1.80 bits per heavy atom. The molecule has 1 amide bonds. The maximum absolute atomic E-state index is 12.7. The van der Waals surface area contributed by atoms with E-state index in [0.717, 1.165) is 24.1 Å². The van der Waals surface area contributed by atoms with Gasteiger partial charge in [-0.1, -0.05) is 63.1 Å². The third-order valence-corrected chi connectivity index (χ3v) is 7.05. The second-order valence-corrected chi connectivity index (χ2v) is 10.3. The van der Waals surface area contributed by atoms with Crippen LogP contribution in [-0.2, 0) is 6.54 Å². The normalized spacial score (nSPS) is 14.0. The van der Waals surface area contributed by atoms with Crippen molar-refractivity contribution in [3.05, 3.63) is 94.7 Å². The molecular formula is C32H39ClF3N7O2. The minimum absolute atomic E-state index is 0.00825. The number of halogens is 4. The smallest absolute Gasteiger partial charge is 0.406 e. The van der Waals surface area contributed by atoms with Crippen LogP contribution in [0.1, 0.15) is 75.0 Å². The Kier molecular flexibility index (Phi) is 13.1.